The highest BCUT2D eigenvalue weighted by molar-refractivity contribution is 5.89. The molecule has 4 heteroatoms. The fourth-order valence-electron chi connectivity index (χ4n) is 1.53. The lowest BCUT2D eigenvalue weighted by Gasteiger charge is -2.03. The van der Waals surface area contributed by atoms with Crippen LogP contribution in [0.25, 0.3) is 0 Å². The minimum absolute atomic E-state index is 0.0635. The Bertz CT molecular complexity index is 376. The molecule has 0 heterocycles. The Morgan fingerprint density at radius 2 is 2.00 bits per heavy atom. The molecule has 2 rings (SSSR count). The van der Waals surface area contributed by atoms with Gasteiger partial charge in [-0.05, 0) is 18.6 Å². The quantitative estimate of drug-likeness (QED) is 0.738. The van der Waals surface area contributed by atoms with Crippen LogP contribution < -0.4 is 0 Å². The maximum atomic E-state index is 12.5. The highest BCUT2D eigenvalue weighted by atomic mass is 19.3. The zero-order valence-electron chi connectivity index (χ0n) is 8.66. The molecule has 1 aromatic carbocycles. The van der Waals surface area contributed by atoms with Crippen molar-refractivity contribution in [1.29, 1.82) is 0 Å². The minimum atomic E-state index is -2.53. The maximum Gasteiger partial charge on any atom is 0.338 e. The molecular formula is C12H12F2O2. The molecule has 1 aliphatic rings. The van der Waals surface area contributed by atoms with Crippen molar-refractivity contribution in [2.45, 2.75) is 18.8 Å². The van der Waals surface area contributed by atoms with Crippen LogP contribution >= 0.6 is 0 Å². The SMILES string of the molecule is O=C(OCCC1CC1(F)F)c1ccccc1. The molecule has 1 atom stereocenters. The Kier molecular flexibility index (Phi) is 2.90. The largest absolute Gasteiger partial charge is 0.462 e. The number of carbonyl (C=O) groups excluding carboxylic acids is 1. The van der Waals surface area contributed by atoms with Crippen molar-refractivity contribution in [3.05, 3.63) is 35.9 Å². The summed E-state index contributed by atoms with van der Waals surface area (Å²) in [6.07, 6.45) is 0.168. The zero-order valence-corrected chi connectivity index (χ0v) is 8.66. The normalized spacial score (nSPS) is 21.5. The molecule has 0 saturated heterocycles. The lowest BCUT2D eigenvalue weighted by atomic mass is 10.2. The summed E-state index contributed by atoms with van der Waals surface area (Å²) >= 11 is 0. The summed E-state index contributed by atoms with van der Waals surface area (Å²) < 4.78 is 29.9. The first-order valence-corrected chi connectivity index (χ1v) is 5.19. The Balaban J connectivity index is 1.73. The number of hydrogen-bond acceptors (Lipinski definition) is 2. The summed E-state index contributed by atoms with van der Waals surface area (Å²) in [4.78, 5) is 11.4. The predicted octanol–water partition coefficient (Wildman–Crippen LogP) is 2.89. The van der Waals surface area contributed by atoms with Crippen LogP contribution in [-0.2, 0) is 4.74 Å². The van der Waals surface area contributed by atoms with Gasteiger partial charge in [0.25, 0.3) is 5.92 Å². The monoisotopic (exact) mass is 226 g/mol. The number of esters is 1. The van der Waals surface area contributed by atoms with Gasteiger partial charge in [0.2, 0.25) is 0 Å². The summed E-state index contributed by atoms with van der Waals surface area (Å²) in [5.74, 6) is -3.58. The molecule has 0 aliphatic heterocycles. The molecule has 0 spiro atoms. The van der Waals surface area contributed by atoms with Crippen LogP contribution in [-0.4, -0.2) is 18.5 Å². The van der Waals surface area contributed by atoms with Gasteiger partial charge in [-0.2, -0.15) is 0 Å². The van der Waals surface area contributed by atoms with E-state index in [9.17, 15) is 13.6 Å². The van der Waals surface area contributed by atoms with E-state index in [1.807, 2.05) is 0 Å². The van der Waals surface area contributed by atoms with Gasteiger partial charge < -0.3 is 4.74 Å². The van der Waals surface area contributed by atoms with Gasteiger partial charge in [0.1, 0.15) is 0 Å². The van der Waals surface area contributed by atoms with Gasteiger partial charge in [-0.25, -0.2) is 13.6 Å². The molecule has 0 radical (unpaired) electrons. The van der Waals surface area contributed by atoms with Crippen LogP contribution in [0.1, 0.15) is 23.2 Å². The zero-order chi connectivity index (χ0) is 11.6. The summed E-state index contributed by atoms with van der Waals surface area (Å²) in [7, 11) is 0. The van der Waals surface area contributed by atoms with Crippen molar-refractivity contribution in [2.75, 3.05) is 6.61 Å². The molecule has 0 amide bonds. The van der Waals surface area contributed by atoms with Crippen LogP contribution in [0.3, 0.4) is 0 Å². The van der Waals surface area contributed by atoms with Gasteiger partial charge in [-0.3, -0.25) is 0 Å². The first kappa shape index (κ1) is 11.0. The first-order chi connectivity index (χ1) is 7.59. The molecule has 1 aliphatic carbocycles. The van der Waals surface area contributed by atoms with Crippen molar-refractivity contribution in [3.63, 3.8) is 0 Å². The number of ether oxygens (including phenoxy) is 1. The van der Waals surface area contributed by atoms with Crippen LogP contribution in [0.2, 0.25) is 0 Å². The van der Waals surface area contributed by atoms with Crippen LogP contribution in [0.4, 0.5) is 8.78 Å². The van der Waals surface area contributed by atoms with E-state index in [0.717, 1.165) is 0 Å². The molecule has 0 bridgehead atoms. The minimum Gasteiger partial charge on any atom is -0.462 e. The second-order valence-electron chi connectivity index (χ2n) is 3.95. The predicted molar refractivity (Wildman–Crippen MR) is 54.4 cm³/mol. The van der Waals surface area contributed by atoms with E-state index >= 15 is 0 Å². The van der Waals surface area contributed by atoms with E-state index in [2.05, 4.69) is 0 Å². The summed E-state index contributed by atoms with van der Waals surface area (Å²) in [6, 6.07) is 8.51. The van der Waals surface area contributed by atoms with Gasteiger partial charge >= 0.3 is 5.97 Å². The first-order valence-electron chi connectivity index (χ1n) is 5.19. The second kappa shape index (κ2) is 4.20. The van der Waals surface area contributed by atoms with Crippen molar-refractivity contribution in [2.24, 2.45) is 5.92 Å². The molecule has 0 N–H and O–H groups in total. The Morgan fingerprint density at radius 3 is 2.56 bits per heavy atom. The van der Waals surface area contributed by atoms with Crippen molar-refractivity contribution in [1.82, 2.24) is 0 Å². The number of carbonyl (C=O) groups is 1. The van der Waals surface area contributed by atoms with E-state index in [-0.39, 0.29) is 19.4 Å². The van der Waals surface area contributed by atoms with Gasteiger partial charge in [0.15, 0.2) is 0 Å². The van der Waals surface area contributed by atoms with E-state index < -0.39 is 17.8 Å². The average molecular weight is 226 g/mol. The molecule has 1 fully saturated rings. The molecule has 1 unspecified atom stereocenters. The van der Waals surface area contributed by atoms with Crippen molar-refractivity contribution in [3.8, 4) is 0 Å². The number of hydrogen-bond donors (Lipinski definition) is 0. The highest BCUT2D eigenvalue weighted by Gasteiger charge is 2.56. The summed E-state index contributed by atoms with van der Waals surface area (Å²) in [5, 5.41) is 0. The maximum absolute atomic E-state index is 12.5. The number of benzene rings is 1. The van der Waals surface area contributed by atoms with E-state index in [1.165, 1.54) is 0 Å². The fraction of sp³-hybridized carbons (Fsp3) is 0.417. The van der Waals surface area contributed by atoms with E-state index in [0.29, 0.717) is 5.56 Å². The number of halogens is 2. The van der Waals surface area contributed by atoms with Crippen molar-refractivity contribution < 1.29 is 18.3 Å². The lowest BCUT2D eigenvalue weighted by Crippen LogP contribution is -2.07. The molecule has 1 aromatic rings. The van der Waals surface area contributed by atoms with Gasteiger partial charge in [-0.15, -0.1) is 0 Å². The van der Waals surface area contributed by atoms with Gasteiger partial charge in [-0.1, -0.05) is 18.2 Å². The second-order valence-corrected chi connectivity index (χ2v) is 3.95. The number of rotatable bonds is 4. The molecule has 1 saturated carbocycles. The molecule has 86 valence electrons. The van der Waals surface area contributed by atoms with Crippen molar-refractivity contribution >= 4 is 5.97 Å². The van der Waals surface area contributed by atoms with Crippen LogP contribution in [0.5, 0.6) is 0 Å². The summed E-state index contributed by atoms with van der Waals surface area (Å²) in [6.45, 7) is 0.0635. The van der Waals surface area contributed by atoms with Crippen LogP contribution in [0.15, 0.2) is 30.3 Å². The Hall–Kier alpha value is -1.45. The third-order valence-electron chi connectivity index (χ3n) is 2.66. The standard InChI is InChI=1S/C12H12F2O2/c13-12(14)8-10(12)6-7-16-11(15)9-4-2-1-3-5-9/h1-5,10H,6-8H2. The average Bonchev–Trinajstić information content (AvgIpc) is 2.87. The van der Waals surface area contributed by atoms with Gasteiger partial charge in [0.05, 0.1) is 12.2 Å². The van der Waals surface area contributed by atoms with E-state index in [1.54, 1.807) is 30.3 Å². The lowest BCUT2D eigenvalue weighted by molar-refractivity contribution is 0.0452. The molecule has 16 heavy (non-hydrogen) atoms. The topological polar surface area (TPSA) is 26.3 Å². The molecular weight excluding hydrogens is 214 g/mol. The molecule has 0 aromatic heterocycles. The van der Waals surface area contributed by atoms with E-state index in [4.69, 9.17) is 4.74 Å². The Labute approximate surface area is 92.2 Å². The Morgan fingerprint density at radius 1 is 1.38 bits per heavy atom. The third kappa shape index (κ3) is 2.56. The smallest absolute Gasteiger partial charge is 0.338 e. The third-order valence-corrected chi connectivity index (χ3v) is 2.66. The molecule has 2 nitrogen and oxygen atoms in total. The highest BCUT2D eigenvalue weighted by Crippen LogP contribution is 2.50. The summed E-state index contributed by atoms with van der Waals surface area (Å²) in [5.41, 5.74) is 0.449. The van der Waals surface area contributed by atoms with Crippen LogP contribution in [0, 0.1) is 5.92 Å². The number of alkyl halides is 2. The van der Waals surface area contributed by atoms with Gasteiger partial charge in [0, 0.05) is 12.3 Å². The fourth-order valence-corrected chi connectivity index (χ4v) is 1.53.